The van der Waals surface area contributed by atoms with Gasteiger partial charge in [0.05, 0.1) is 0 Å². The molecule has 0 atom stereocenters. The van der Waals surface area contributed by atoms with Crippen molar-refractivity contribution in [2.75, 3.05) is 24.5 Å². The molecule has 21 heavy (non-hydrogen) atoms. The molecule has 4 heteroatoms. The van der Waals surface area contributed by atoms with Crippen LogP contribution in [0.3, 0.4) is 0 Å². The van der Waals surface area contributed by atoms with Gasteiger partial charge in [0.1, 0.15) is 0 Å². The second-order valence-electron chi connectivity index (χ2n) is 6.24. The maximum Gasteiger partial charge on any atom is 0.253 e. The second kappa shape index (κ2) is 5.51. The zero-order valence-corrected chi connectivity index (χ0v) is 12.8. The van der Waals surface area contributed by atoms with Crippen molar-refractivity contribution in [3.63, 3.8) is 0 Å². The van der Waals surface area contributed by atoms with Crippen molar-refractivity contribution in [2.45, 2.75) is 33.1 Å². The van der Waals surface area contributed by atoms with Crippen LogP contribution in [0.1, 0.15) is 42.6 Å². The fourth-order valence-electron chi connectivity index (χ4n) is 3.26. The number of benzene rings is 1. The predicted octanol–water partition coefficient (Wildman–Crippen LogP) is 2.47. The highest BCUT2D eigenvalue weighted by atomic mass is 16.2. The van der Waals surface area contributed by atoms with E-state index in [2.05, 4.69) is 6.92 Å². The number of carbonyl (C=O) groups is 2. The summed E-state index contributed by atoms with van der Waals surface area (Å²) in [5.74, 6) is 0.919. The van der Waals surface area contributed by atoms with E-state index in [9.17, 15) is 9.59 Å². The van der Waals surface area contributed by atoms with E-state index < -0.39 is 0 Å². The Morgan fingerprint density at radius 1 is 1.14 bits per heavy atom. The number of anilines is 1. The van der Waals surface area contributed by atoms with E-state index in [1.54, 1.807) is 11.8 Å². The van der Waals surface area contributed by atoms with Crippen LogP contribution in [0.2, 0.25) is 0 Å². The third-order valence-electron chi connectivity index (χ3n) is 4.67. The smallest absolute Gasteiger partial charge is 0.253 e. The fraction of sp³-hybridized carbons (Fsp3) is 0.529. The molecule has 3 rings (SSSR count). The largest absolute Gasteiger partial charge is 0.339 e. The molecule has 2 aliphatic rings. The topological polar surface area (TPSA) is 40.6 Å². The Kier molecular flexibility index (Phi) is 3.70. The summed E-state index contributed by atoms with van der Waals surface area (Å²) in [6, 6.07) is 5.75. The van der Waals surface area contributed by atoms with Gasteiger partial charge in [-0.1, -0.05) is 6.92 Å². The molecule has 0 N–H and O–H groups in total. The average Bonchev–Trinajstić information content (AvgIpc) is 2.90. The number of nitrogens with zero attached hydrogens (tertiary/aromatic N) is 2. The van der Waals surface area contributed by atoms with Gasteiger partial charge in [-0.25, -0.2) is 0 Å². The van der Waals surface area contributed by atoms with E-state index in [1.165, 1.54) is 0 Å². The monoisotopic (exact) mass is 286 g/mol. The number of carbonyl (C=O) groups excluding carboxylic acids is 2. The van der Waals surface area contributed by atoms with Gasteiger partial charge in [0.25, 0.3) is 5.91 Å². The number of piperidine rings is 1. The first-order valence-electron chi connectivity index (χ1n) is 7.76. The van der Waals surface area contributed by atoms with E-state index >= 15 is 0 Å². The number of likely N-dealkylation sites (tertiary alicyclic amines) is 1. The summed E-state index contributed by atoms with van der Waals surface area (Å²) in [6.45, 7) is 6.27. The number of hydrogen-bond acceptors (Lipinski definition) is 2. The van der Waals surface area contributed by atoms with E-state index in [-0.39, 0.29) is 11.8 Å². The van der Waals surface area contributed by atoms with Crippen molar-refractivity contribution >= 4 is 17.5 Å². The number of hydrogen-bond donors (Lipinski definition) is 0. The molecule has 0 bridgehead atoms. The van der Waals surface area contributed by atoms with Gasteiger partial charge in [-0.15, -0.1) is 0 Å². The van der Waals surface area contributed by atoms with Crippen molar-refractivity contribution in [2.24, 2.45) is 5.92 Å². The molecule has 0 aromatic heterocycles. The molecule has 1 aromatic carbocycles. The molecule has 112 valence electrons. The summed E-state index contributed by atoms with van der Waals surface area (Å²) in [6.07, 6.45) is 3.02. The summed E-state index contributed by atoms with van der Waals surface area (Å²) in [4.78, 5) is 27.9. The fourth-order valence-corrected chi connectivity index (χ4v) is 3.26. The lowest BCUT2D eigenvalue weighted by molar-refractivity contribution is -0.116. The Morgan fingerprint density at radius 2 is 1.86 bits per heavy atom. The first-order valence-corrected chi connectivity index (χ1v) is 7.76. The molecule has 1 fully saturated rings. The van der Waals surface area contributed by atoms with Crippen molar-refractivity contribution in [1.29, 1.82) is 0 Å². The van der Waals surface area contributed by atoms with Gasteiger partial charge < -0.3 is 9.80 Å². The van der Waals surface area contributed by atoms with Crippen molar-refractivity contribution in [3.05, 3.63) is 29.3 Å². The van der Waals surface area contributed by atoms with Crippen LogP contribution in [0.25, 0.3) is 0 Å². The van der Waals surface area contributed by atoms with E-state index in [0.717, 1.165) is 61.6 Å². The molecule has 0 aliphatic carbocycles. The van der Waals surface area contributed by atoms with Gasteiger partial charge in [0.2, 0.25) is 5.91 Å². The average molecular weight is 286 g/mol. The van der Waals surface area contributed by atoms with Crippen LogP contribution in [0.15, 0.2) is 18.2 Å². The maximum absolute atomic E-state index is 12.6. The third kappa shape index (κ3) is 2.67. The summed E-state index contributed by atoms with van der Waals surface area (Å²) in [7, 11) is 0. The molecule has 2 heterocycles. The highest BCUT2D eigenvalue weighted by Crippen LogP contribution is 2.29. The Labute approximate surface area is 125 Å². The summed E-state index contributed by atoms with van der Waals surface area (Å²) < 4.78 is 0. The van der Waals surface area contributed by atoms with Gasteiger partial charge in [-0.05, 0) is 48.9 Å². The molecular weight excluding hydrogens is 264 g/mol. The molecule has 0 unspecified atom stereocenters. The van der Waals surface area contributed by atoms with Gasteiger partial charge in [-0.2, -0.15) is 0 Å². The molecule has 1 saturated heterocycles. The third-order valence-corrected chi connectivity index (χ3v) is 4.67. The van der Waals surface area contributed by atoms with Crippen molar-refractivity contribution < 1.29 is 9.59 Å². The number of amides is 2. The highest BCUT2D eigenvalue weighted by Gasteiger charge is 2.25. The first-order chi connectivity index (χ1) is 10.1. The minimum atomic E-state index is 0.0674. The Bertz CT molecular complexity index is 574. The van der Waals surface area contributed by atoms with Crippen LogP contribution >= 0.6 is 0 Å². The summed E-state index contributed by atoms with van der Waals surface area (Å²) >= 11 is 0. The zero-order valence-electron chi connectivity index (χ0n) is 12.8. The van der Waals surface area contributed by atoms with Crippen LogP contribution in [0.5, 0.6) is 0 Å². The maximum atomic E-state index is 12.6. The van der Waals surface area contributed by atoms with Crippen LogP contribution < -0.4 is 4.90 Å². The van der Waals surface area contributed by atoms with Gasteiger partial charge in [-0.3, -0.25) is 9.59 Å². The molecule has 0 spiro atoms. The summed E-state index contributed by atoms with van der Waals surface area (Å²) in [5.41, 5.74) is 2.83. The van der Waals surface area contributed by atoms with Crippen LogP contribution in [0.4, 0.5) is 5.69 Å². The van der Waals surface area contributed by atoms with Crippen molar-refractivity contribution in [1.82, 2.24) is 4.90 Å². The lowest BCUT2D eigenvalue weighted by Crippen LogP contribution is -2.37. The van der Waals surface area contributed by atoms with E-state index in [4.69, 9.17) is 0 Å². The lowest BCUT2D eigenvalue weighted by Gasteiger charge is -2.30. The molecule has 2 amide bonds. The normalized spacial score (nSPS) is 18.8. The van der Waals surface area contributed by atoms with Crippen LogP contribution in [-0.4, -0.2) is 36.3 Å². The van der Waals surface area contributed by atoms with E-state index in [0.29, 0.717) is 0 Å². The SMILES string of the molecule is CC(=O)N1CCc2cc(C(=O)N3CCC(C)CC3)ccc21. The number of rotatable bonds is 1. The van der Waals surface area contributed by atoms with E-state index in [1.807, 2.05) is 23.1 Å². The minimum absolute atomic E-state index is 0.0674. The van der Waals surface area contributed by atoms with Gasteiger partial charge >= 0.3 is 0 Å². The standard InChI is InChI=1S/C17H22N2O2/c1-12-5-8-18(9-6-12)17(21)15-3-4-16-14(11-15)7-10-19(16)13(2)20/h3-4,11-12H,5-10H2,1-2H3. The lowest BCUT2D eigenvalue weighted by atomic mass is 9.98. The minimum Gasteiger partial charge on any atom is -0.339 e. The molecule has 1 aromatic rings. The van der Waals surface area contributed by atoms with Crippen LogP contribution in [0, 0.1) is 5.92 Å². The first kappa shape index (κ1) is 14.1. The highest BCUT2D eigenvalue weighted by molar-refractivity contribution is 5.97. The summed E-state index contributed by atoms with van der Waals surface area (Å²) in [5, 5.41) is 0. The van der Waals surface area contributed by atoms with Gasteiger partial charge in [0.15, 0.2) is 0 Å². The van der Waals surface area contributed by atoms with Crippen LogP contribution in [-0.2, 0) is 11.2 Å². The molecule has 2 aliphatic heterocycles. The molecule has 4 nitrogen and oxygen atoms in total. The second-order valence-corrected chi connectivity index (χ2v) is 6.24. The molecular formula is C17H22N2O2. The zero-order chi connectivity index (χ0) is 15.0. The predicted molar refractivity (Wildman–Crippen MR) is 82.5 cm³/mol. The Balaban J connectivity index is 1.78. The van der Waals surface area contributed by atoms with Gasteiger partial charge in [0, 0.05) is 37.8 Å². The quantitative estimate of drug-likeness (QED) is 0.795. The van der Waals surface area contributed by atoms with Crippen molar-refractivity contribution in [3.8, 4) is 0 Å². The Hall–Kier alpha value is -1.84. The number of fused-ring (bicyclic) bond motifs is 1. The molecule has 0 saturated carbocycles. The molecule has 0 radical (unpaired) electrons. The Morgan fingerprint density at radius 3 is 2.52 bits per heavy atom.